The Bertz CT molecular complexity index is 428. The molecule has 20 heavy (non-hydrogen) atoms. The lowest BCUT2D eigenvalue weighted by Gasteiger charge is -2.31. The van der Waals surface area contributed by atoms with Crippen LogP contribution in [0.5, 0.6) is 5.75 Å². The van der Waals surface area contributed by atoms with Crippen molar-refractivity contribution in [1.29, 1.82) is 0 Å². The molecule has 0 saturated carbocycles. The monoisotopic (exact) mass is 360 g/mol. The molecule has 4 heteroatoms. The number of halogens is 2. The highest BCUT2D eigenvalue weighted by Crippen LogP contribution is 2.34. The summed E-state index contributed by atoms with van der Waals surface area (Å²) in [7, 11) is 0. The fourth-order valence-corrected chi connectivity index (χ4v) is 3.41. The highest BCUT2D eigenvalue weighted by atomic mass is 79.9. The Morgan fingerprint density at radius 3 is 2.40 bits per heavy atom. The molecule has 0 unspecified atom stereocenters. The fourth-order valence-electron chi connectivity index (χ4n) is 2.44. The van der Waals surface area contributed by atoms with Crippen molar-refractivity contribution in [2.24, 2.45) is 5.41 Å². The first-order valence-electron chi connectivity index (χ1n) is 7.04. The lowest BCUT2D eigenvalue weighted by atomic mass is 9.82. The van der Waals surface area contributed by atoms with Crippen LogP contribution in [-0.4, -0.2) is 18.2 Å². The van der Waals surface area contributed by atoms with Gasteiger partial charge in [0.15, 0.2) is 0 Å². The zero-order valence-corrected chi connectivity index (χ0v) is 14.5. The second kappa shape index (κ2) is 8.68. The predicted octanol–water partition coefficient (Wildman–Crippen LogP) is 5.51. The van der Waals surface area contributed by atoms with E-state index in [4.69, 9.17) is 16.3 Å². The number of carbonyl (C=O) groups excluding carboxylic acids is 1. The maximum Gasteiger partial charge on any atom is 0.150 e. The zero-order valence-electron chi connectivity index (χ0n) is 12.1. The summed E-state index contributed by atoms with van der Waals surface area (Å²) in [6.07, 6.45) is 5.29. The van der Waals surface area contributed by atoms with E-state index in [9.17, 15) is 4.79 Å². The molecule has 0 aromatic heterocycles. The average Bonchev–Trinajstić information content (AvgIpc) is 2.46. The van der Waals surface area contributed by atoms with Crippen molar-refractivity contribution >= 4 is 33.8 Å². The summed E-state index contributed by atoms with van der Waals surface area (Å²) in [6, 6.07) is 5.13. The first-order valence-corrected chi connectivity index (χ1v) is 8.54. The van der Waals surface area contributed by atoms with E-state index in [1.807, 2.05) is 0 Å². The maximum atomic E-state index is 10.7. The molecular formula is C16H22BrClO2. The third-order valence-corrected chi connectivity index (χ3v) is 4.95. The van der Waals surface area contributed by atoms with E-state index >= 15 is 0 Å². The predicted molar refractivity (Wildman–Crippen MR) is 88.4 cm³/mol. The minimum atomic E-state index is 0.149. The van der Waals surface area contributed by atoms with Crippen molar-refractivity contribution in [3.8, 4) is 5.75 Å². The standard InChI is InChI=1S/C16H22BrClO2/c1-3-7-16(11-17,8-4-2)12-20-15-6-5-13(10-19)9-14(15)18/h5-6,9-10H,3-4,7-8,11-12H2,1-2H3. The average molecular weight is 362 g/mol. The normalized spacial score (nSPS) is 11.4. The molecule has 2 nitrogen and oxygen atoms in total. The lowest BCUT2D eigenvalue weighted by Crippen LogP contribution is -2.30. The summed E-state index contributed by atoms with van der Waals surface area (Å²) in [5, 5.41) is 1.41. The number of rotatable bonds is 9. The van der Waals surface area contributed by atoms with Crippen LogP contribution in [0.3, 0.4) is 0 Å². The number of hydrogen-bond acceptors (Lipinski definition) is 2. The van der Waals surface area contributed by atoms with Gasteiger partial charge in [0.05, 0.1) is 11.6 Å². The van der Waals surface area contributed by atoms with E-state index in [-0.39, 0.29) is 5.41 Å². The Labute approximate surface area is 135 Å². The number of aldehydes is 1. The number of benzene rings is 1. The smallest absolute Gasteiger partial charge is 0.150 e. The van der Waals surface area contributed by atoms with E-state index in [1.165, 1.54) is 0 Å². The van der Waals surface area contributed by atoms with Crippen LogP contribution >= 0.6 is 27.5 Å². The highest BCUT2D eigenvalue weighted by Gasteiger charge is 2.28. The van der Waals surface area contributed by atoms with Gasteiger partial charge in [-0.25, -0.2) is 0 Å². The molecule has 0 aliphatic carbocycles. The topological polar surface area (TPSA) is 26.3 Å². The van der Waals surface area contributed by atoms with Gasteiger partial charge in [0.1, 0.15) is 12.0 Å². The van der Waals surface area contributed by atoms with Crippen molar-refractivity contribution in [3.63, 3.8) is 0 Å². The van der Waals surface area contributed by atoms with Gasteiger partial charge in [-0.1, -0.05) is 54.2 Å². The van der Waals surface area contributed by atoms with Gasteiger partial charge in [-0.2, -0.15) is 0 Å². The summed E-state index contributed by atoms with van der Waals surface area (Å²) in [6.45, 7) is 5.03. The second-order valence-electron chi connectivity index (χ2n) is 5.23. The molecule has 0 amide bonds. The van der Waals surface area contributed by atoms with Crippen LogP contribution in [0.15, 0.2) is 18.2 Å². The van der Waals surface area contributed by atoms with E-state index in [0.29, 0.717) is 22.9 Å². The SMILES string of the molecule is CCCC(CBr)(CCC)COc1ccc(C=O)cc1Cl. The lowest BCUT2D eigenvalue weighted by molar-refractivity contribution is 0.112. The summed E-state index contributed by atoms with van der Waals surface area (Å²) >= 11 is 9.77. The van der Waals surface area contributed by atoms with Gasteiger partial charge in [-0.15, -0.1) is 0 Å². The Balaban J connectivity index is 2.78. The molecule has 1 aromatic rings. The van der Waals surface area contributed by atoms with Crippen LogP contribution in [-0.2, 0) is 0 Å². The van der Waals surface area contributed by atoms with Crippen LogP contribution in [0.25, 0.3) is 0 Å². The van der Waals surface area contributed by atoms with Gasteiger partial charge in [0, 0.05) is 16.3 Å². The Morgan fingerprint density at radius 1 is 1.30 bits per heavy atom. The van der Waals surface area contributed by atoms with Crippen LogP contribution in [0.4, 0.5) is 0 Å². The maximum absolute atomic E-state index is 10.7. The quantitative estimate of drug-likeness (QED) is 0.428. The van der Waals surface area contributed by atoms with Gasteiger partial charge in [-0.05, 0) is 31.0 Å². The first-order chi connectivity index (χ1) is 9.60. The van der Waals surface area contributed by atoms with Gasteiger partial charge >= 0.3 is 0 Å². The van der Waals surface area contributed by atoms with Crippen LogP contribution < -0.4 is 4.74 Å². The molecule has 0 saturated heterocycles. The minimum absolute atomic E-state index is 0.149. The molecule has 0 heterocycles. The number of alkyl halides is 1. The van der Waals surface area contributed by atoms with Gasteiger partial charge in [-0.3, -0.25) is 4.79 Å². The van der Waals surface area contributed by atoms with Crippen molar-refractivity contribution in [1.82, 2.24) is 0 Å². The summed E-state index contributed by atoms with van der Waals surface area (Å²) in [5.41, 5.74) is 0.715. The van der Waals surface area contributed by atoms with E-state index in [2.05, 4.69) is 29.8 Å². The third kappa shape index (κ3) is 4.78. The highest BCUT2D eigenvalue weighted by molar-refractivity contribution is 9.09. The molecule has 1 rings (SSSR count). The second-order valence-corrected chi connectivity index (χ2v) is 6.20. The molecular weight excluding hydrogens is 340 g/mol. The zero-order chi connectivity index (χ0) is 15.0. The Hall–Kier alpha value is -0.540. The molecule has 0 radical (unpaired) electrons. The number of ether oxygens (including phenoxy) is 1. The van der Waals surface area contributed by atoms with Crippen LogP contribution in [0, 0.1) is 5.41 Å². The molecule has 0 spiro atoms. The molecule has 0 atom stereocenters. The number of hydrogen-bond donors (Lipinski definition) is 0. The molecule has 0 aliphatic rings. The Kier molecular flexibility index (Phi) is 7.60. The molecule has 0 bridgehead atoms. The molecule has 0 N–H and O–H groups in total. The fraction of sp³-hybridized carbons (Fsp3) is 0.562. The molecule has 1 aromatic carbocycles. The van der Waals surface area contributed by atoms with Gasteiger partial charge in [0.25, 0.3) is 0 Å². The van der Waals surface area contributed by atoms with Crippen LogP contribution in [0.2, 0.25) is 5.02 Å². The molecule has 112 valence electrons. The first kappa shape index (κ1) is 17.5. The van der Waals surface area contributed by atoms with E-state index in [1.54, 1.807) is 18.2 Å². The van der Waals surface area contributed by atoms with E-state index < -0.39 is 0 Å². The summed E-state index contributed by atoms with van der Waals surface area (Å²) < 4.78 is 5.92. The van der Waals surface area contributed by atoms with Crippen LogP contribution in [0.1, 0.15) is 49.9 Å². The summed E-state index contributed by atoms with van der Waals surface area (Å²) in [4.78, 5) is 10.7. The van der Waals surface area contributed by atoms with Crippen molar-refractivity contribution in [2.75, 3.05) is 11.9 Å². The van der Waals surface area contributed by atoms with Gasteiger partial charge < -0.3 is 4.74 Å². The van der Waals surface area contributed by atoms with Gasteiger partial charge in [0.2, 0.25) is 0 Å². The largest absolute Gasteiger partial charge is 0.491 e. The third-order valence-electron chi connectivity index (χ3n) is 3.47. The number of carbonyl (C=O) groups is 1. The molecule has 0 fully saturated rings. The Morgan fingerprint density at radius 2 is 1.95 bits per heavy atom. The van der Waals surface area contributed by atoms with E-state index in [0.717, 1.165) is 37.3 Å². The molecule has 0 aliphatic heterocycles. The van der Waals surface area contributed by atoms with Crippen molar-refractivity contribution in [3.05, 3.63) is 28.8 Å². The summed E-state index contributed by atoms with van der Waals surface area (Å²) in [5.74, 6) is 0.648. The van der Waals surface area contributed by atoms with Crippen molar-refractivity contribution in [2.45, 2.75) is 39.5 Å². The minimum Gasteiger partial charge on any atom is -0.491 e. The van der Waals surface area contributed by atoms with Crippen molar-refractivity contribution < 1.29 is 9.53 Å².